The highest BCUT2D eigenvalue weighted by Gasteiger charge is 2.37. The van der Waals surface area contributed by atoms with E-state index in [1.54, 1.807) is 0 Å². The van der Waals surface area contributed by atoms with Crippen LogP contribution >= 0.6 is 0 Å². The second-order valence-electron chi connectivity index (χ2n) is 5.75. The van der Waals surface area contributed by atoms with E-state index in [0.29, 0.717) is 5.82 Å². The zero-order valence-corrected chi connectivity index (χ0v) is 11.5. The first-order valence-corrected chi connectivity index (χ1v) is 6.56. The van der Waals surface area contributed by atoms with Crippen molar-refractivity contribution >= 4 is 16.9 Å². The number of hydrogen-bond donors (Lipinski definition) is 1. The maximum atomic E-state index is 6.08. The summed E-state index contributed by atoms with van der Waals surface area (Å²) in [6.45, 7) is 8.50. The van der Waals surface area contributed by atoms with Crippen molar-refractivity contribution in [1.82, 2.24) is 14.5 Å². The van der Waals surface area contributed by atoms with Crippen molar-refractivity contribution in [3.05, 3.63) is 17.1 Å². The van der Waals surface area contributed by atoms with E-state index in [9.17, 15) is 0 Å². The van der Waals surface area contributed by atoms with Crippen molar-refractivity contribution in [2.45, 2.75) is 52.5 Å². The van der Waals surface area contributed by atoms with Crippen LogP contribution in [0.5, 0.6) is 0 Å². The van der Waals surface area contributed by atoms with Crippen LogP contribution in [0.2, 0.25) is 0 Å². The fourth-order valence-electron chi connectivity index (χ4n) is 3.18. The number of nitrogens with two attached hydrogens (primary N) is 1. The Hall–Kier alpha value is -1.58. The lowest BCUT2D eigenvalue weighted by molar-refractivity contribution is 0.171. The molecule has 0 saturated heterocycles. The number of aromatic nitrogens is 3. The van der Waals surface area contributed by atoms with E-state index in [4.69, 9.17) is 5.73 Å². The van der Waals surface area contributed by atoms with Gasteiger partial charge in [-0.15, -0.1) is 0 Å². The standard InChI is InChI=1S/C14H20N4/c1-8-9(2)18(14(4)6-5-7-14)13-11(8)12(15)16-10(3)17-13/h5-7H2,1-4H3,(H2,15,16,17). The summed E-state index contributed by atoms with van der Waals surface area (Å²) in [6, 6.07) is 0. The summed E-state index contributed by atoms with van der Waals surface area (Å²) >= 11 is 0. The molecule has 2 aromatic rings. The molecule has 0 amide bonds. The third-order valence-electron chi connectivity index (χ3n) is 4.47. The second-order valence-corrected chi connectivity index (χ2v) is 5.75. The van der Waals surface area contributed by atoms with Gasteiger partial charge in [0.05, 0.1) is 5.39 Å². The lowest BCUT2D eigenvalue weighted by Gasteiger charge is -2.41. The van der Waals surface area contributed by atoms with E-state index in [0.717, 1.165) is 16.9 Å². The summed E-state index contributed by atoms with van der Waals surface area (Å²) < 4.78 is 2.38. The van der Waals surface area contributed by atoms with Crippen LogP contribution in [0.15, 0.2) is 0 Å². The Bertz CT molecular complexity index is 635. The van der Waals surface area contributed by atoms with E-state index < -0.39 is 0 Å². The lowest BCUT2D eigenvalue weighted by atomic mass is 9.78. The molecule has 0 aromatic carbocycles. The summed E-state index contributed by atoms with van der Waals surface area (Å²) in [5, 5.41) is 1.03. The number of nitrogen functional groups attached to an aromatic ring is 1. The van der Waals surface area contributed by atoms with Crippen molar-refractivity contribution in [3.63, 3.8) is 0 Å². The molecular weight excluding hydrogens is 224 g/mol. The van der Waals surface area contributed by atoms with Gasteiger partial charge in [0.15, 0.2) is 0 Å². The van der Waals surface area contributed by atoms with Gasteiger partial charge in [-0.2, -0.15) is 0 Å². The molecule has 2 heterocycles. The van der Waals surface area contributed by atoms with Gasteiger partial charge in [-0.1, -0.05) is 0 Å². The normalized spacial score (nSPS) is 18.0. The van der Waals surface area contributed by atoms with Gasteiger partial charge in [-0.3, -0.25) is 0 Å². The minimum Gasteiger partial charge on any atom is -0.383 e. The molecular formula is C14H20N4. The van der Waals surface area contributed by atoms with Crippen LogP contribution in [-0.4, -0.2) is 14.5 Å². The molecule has 2 aromatic heterocycles. The SMILES string of the molecule is Cc1nc(N)c2c(C)c(C)n(C3(C)CCC3)c2n1. The Labute approximate surface area is 107 Å². The monoisotopic (exact) mass is 244 g/mol. The molecule has 1 aliphatic carbocycles. The Morgan fingerprint density at radius 3 is 2.39 bits per heavy atom. The number of aryl methyl sites for hydroxylation is 2. The molecule has 4 nitrogen and oxygen atoms in total. The van der Waals surface area contributed by atoms with Crippen LogP contribution in [0.4, 0.5) is 5.82 Å². The van der Waals surface area contributed by atoms with Crippen LogP contribution in [0.3, 0.4) is 0 Å². The predicted octanol–water partition coefficient (Wildman–Crippen LogP) is 2.84. The second kappa shape index (κ2) is 3.46. The van der Waals surface area contributed by atoms with Gasteiger partial charge in [0, 0.05) is 11.2 Å². The molecule has 0 unspecified atom stereocenters. The molecule has 96 valence electrons. The van der Waals surface area contributed by atoms with Gasteiger partial charge < -0.3 is 10.3 Å². The molecule has 0 spiro atoms. The summed E-state index contributed by atoms with van der Waals surface area (Å²) in [4.78, 5) is 8.93. The van der Waals surface area contributed by atoms with E-state index in [2.05, 4.69) is 35.3 Å². The van der Waals surface area contributed by atoms with Gasteiger partial charge in [-0.25, -0.2) is 9.97 Å². The highest BCUT2D eigenvalue weighted by atomic mass is 15.1. The molecule has 1 saturated carbocycles. The average molecular weight is 244 g/mol. The molecule has 0 atom stereocenters. The third-order valence-corrected chi connectivity index (χ3v) is 4.47. The van der Waals surface area contributed by atoms with Crippen LogP contribution in [0.1, 0.15) is 43.3 Å². The van der Waals surface area contributed by atoms with Crippen LogP contribution in [0.25, 0.3) is 11.0 Å². The maximum absolute atomic E-state index is 6.08. The van der Waals surface area contributed by atoms with Crippen molar-refractivity contribution in [3.8, 4) is 0 Å². The number of hydrogen-bond acceptors (Lipinski definition) is 3. The van der Waals surface area contributed by atoms with Crippen molar-refractivity contribution in [2.24, 2.45) is 0 Å². The van der Waals surface area contributed by atoms with Crippen molar-refractivity contribution < 1.29 is 0 Å². The van der Waals surface area contributed by atoms with Gasteiger partial charge in [-0.05, 0) is 52.5 Å². The van der Waals surface area contributed by atoms with E-state index in [1.165, 1.54) is 30.5 Å². The molecule has 1 fully saturated rings. The van der Waals surface area contributed by atoms with Crippen LogP contribution in [0, 0.1) is 20.8 Å². The number of rotatable bonds is 1. The largest absolute Gasteiger partial charge is 0.383 e. The number of anilines is 1. The molecule has 0 bridgehead atoms. The summed E-state index contributed by atoms with van der Waals surface area (Å²) in [6.07, 6.45) is 3.74. The van der Waals surface area contributed by atoms with Crippen LogP contribution < -0.4 is 5.73 Å². The quantitative estimate of drug-likeness (QED) is 0.839. The first kappa shape index (κ1) is 11.5. The maximum Gasteiger partial charge on any atom is 0.146 e. The summed E-state index contributed by atoms with van der Waals surface area (Å²) in [7, 11) is 0. The van der Waals surface area contributed by atoms with Gasteiger partial charge in [0.2, 0.25) is 0 Å². The van der Waals surface area contributed by atoms with E-state index >= 15 is 0 Å². The van der Waals surface area contributed by atoms with Crippen LogP contribution in [-0.2, 0) is 5.54 Å². The third kappa shape index (κ3) is 1.32. The topological polar surface area (TPSA) is 56.7 Å². The minimum absolute atomic E-state index is 0.212. The molecule has 18 heavy (non-hydrogen) atoms. The Kier molecular flexibility index (Phi) is 2.22. The molecule has 1 aliphatic rings. The van der Waals surface area contributed by atoms with E-state index in [1.807, 2.05) is 6.92 Å². The number of nitrogens with zero attached hydrogens (tertiary/aromatic N) is 3. The fourth-order valence-corrected chi connectivity index (χ4v) is 3.18. The molecule has 2 N–H and O–H groups in total. The Balaban J connectivity index is 2.41. The van der Waals surface area contributed by atoms with E-state index in [-0.39, 0.29) is 5.54 Å². The number of fused-ring (bicyclic) bond motifs is 1. The smallest absolute Gasteiger partial charge is 0.146 e. The predicted molar refractivity (Wildman–Crippen MR) is 73.7 cm³/mol. The molecule has 4 heteroatoms. The van der Waals surface area contributed by atoms with Crippen molar-refractivity contribution in [1.29, 1.82) is 0 Å². The first-order chi connectivity index (χ1) is 8.44. The summed E-state index contributed by atoms with van der Waals surface area (Å²) in [5.41, 5.74) is 9.80. The fraction of sp³-hybridized carbons (Fsp3) is 0.571. The van der Waals surface area contributed by atoms with Crippen molar-refractivity contribution in [2.75, 3.05) is 5.73 Å². The minimum atomic E-state index is 0.212. The molecule has 3 rings (SSSR count). The first-order valence-electron chi connectivity index (χ1n) is 6.56. The average Bonchev–Trinajstić information content (AvgIpc) is 2.49. The van der Waals surface area contributed by atoms with Gasteiger partial charge >= 0.3 is 0 Å². The molecule has 0 radical (unpaired) electrons. The Morgan fingerprint density at radius 2 is 1.83 bits per heavy atom. The zero-order valence-electron chi connectivity index (χ0n) is 11.5. The highest BCUT2D eigenvalue weighted by Crippen LogP contribution is 2.43. The van der Waals surface area contributed by atoms with Gasteiger partial charge in [0.25, 0.3) is 0 Å². The zero-order chi connectivity index (χ0) is 13.1. The Morgan fingerprint density at radius 1 is 1.17 bits per heavy atom. The van der Waals surface area contributed by atoms with Gasteiger partial charge in [0.1, 0.15) is 17.3 Å². The lowest BCUT2D eigenvalue weighted by Crippen LogP contribution is -2.38. The highest BCUT2D eigenvalue weighted by molar-refractivity contribution is 5.91. The molecule has 0 aliphatic heterocycles. The summed E-state index contributed by atoms with van der Waals surface area (Å²) in [5.74, 6) is 1.36.